The van der Waals surface area contributed by atoms with Crippen molar-refractivity contribution in [2.24, 2.45) is 0 Å². The van der Waals surface area contributed by atoms with Crippen molar-refractivity contribution in [2.45, 2.75) is 48.2 Å². The molecule has 0 radical (unpaired) electrons. The highest BCUT2D eigenvalue weighted by Crippen LogP contribution is 2.40. The third-order valence-electron chi connectivity index (χ3n) is 4.39. The maximum absolute atomic E-state index is 10.0. The Labute approximate surface area is 125 Å². The second-order valence-corrected chi connectivity index (χ2v) is 5.79. The van der Waals surface area contributed by atoms with E-state index in [-0.39, 0.29) is 6.61 Å². The zero-order valence-corrected chi connectivity index (χ0v) is 11.6. The van der Waals surface area contributed by atoms with E-state index in [4.69, 9.17) is 24.1 Å². The molecule has 6 N–H and O–H groups in total. The molecule has 0 bridgehead atoms. The summed E-state index contributed by atoms with van der Waals surface area (Å²) in [5, 5.41) is 58.1. The minimum Gasteiger partial charge on any atom is -0.394 e. The molecule has 3 aliphatic rings. The van der Waals surface area contributed by atoms with Crippen molar-refractivity contribution in [2.75, 3.05) is 26.4 Å². The first-order chi connectivity index (χ1) is 10.4. The summed E-state index contributed by atoms with van der Waals surface area (Å²) in [6, 6.07) is 0. The van der Waals surface area contributed by atoms with E-state index in [0.717, 1.165) is 0 Å². The summed E-state index contributed by atoms with van der Waals surface area (Å²) in [5.74, 6) is -3.39. The monoisotopic (exact) mass is 324 g/mol. The summed E-state index contributed by atoms with van der Waals surface area (Å²) < 4.78 is 21.5. The molecule has 0 aromatic carbocycles. The lowest BCUT2D eigenvalue weighted by Crippen LogP contribution is -2.69. The largest absolute Gasteiger partial charge is 0.394 e. The molecule has 10 nitrogen and oxygen atoms in total. The minimum absolute atomic E-state index is 0.264. The van der Waals surface area contributed by atoms with E-state index < -0.39 is 68.0 Å². The van der Waals surface area contributed by atoms with Gasteiger partial charge in [-0.1, -0.05) is 0 Å². The number of ether oxygens (including phenoxy) is 4. The van der Waals surface area contributed by atoms with Crippen molar-refractivity contribution < 1.29 is 49.6 Å². The molecule has 2 spiro atoms. The summed E-state index contributed by atoms with van der Waals surface area (Å²) >= 11 is 0. The second kappa shape index (κ2) is 5.60. The van der Waals surface area contributed by atoms with Crippen LogP contribution in [0.15, 0.2) is 0 Å². The van der Waals surface area contributed by atoms with Gasteiger partial charge in [0.25, 0.3) is 0 Å². The molecular formula is C12H20O10. The molecule has 128 valence electrons. The number of aliphatic hydroxyl groups is 6. The van der Waals surface area contributed by atoms with Crippen LogP contribution in [0.25, 0.3) is 0 Å². The molecular weight excluding hydrogens is 304 g/mol. The number of rotatable bonds is 1. The van der Waals surface area contributed by atoms with Crippen molar-refractivity contribution in [1.29, 1.82) is 0 Å². The SMILES string of the molecule is OC[C@H]1O[C@@]2(CO[C@]3(CO2)OCC(O)C(O)[C@@H]3O)[C@@H](O)[C@@H]1O. The number of aliphatic hydroxyl groups excluding tert-OH is 6. The fraction of sp³-hybridized carbons (Fsp3) is 1.00. The lowest BCUT2D eigenvalue weighted by atomic mass is 9.95. The second-order valence-electron chi connectivity index (χ2n) is 5.79. The minimum atomic E-state index is -1.70. The molecule has 0 aliphatic carbocycles. The molecule has 3 saturated heterocycles. The van der Waals surface area contributed by atoms with Crippen molar-refractivity contribution in [3.63, 3.8) is 0 Å². The van der Waals surface area contributed by atoms with Gasteiger partial charge in [-0.3, -0.25) is 0 Å². The van der Waals surface area contributed by atoms with E-state index in [1.54, 1.807) is 0 Å². The van der Waals surface area contributed by atoms with E-state index in [2.05, 4.69) is 0 Å². The summed E-state index contributed by atoms with van der Waals surface area (Å²) in [5.41, 5.74) is 0. The first kappa shape index (κ1) is 16.5. The smallest absolute Gasteiger partial charge is 0.222 e. The molecule has 10 heteroatoms. The Hall–Kier alpha value is -0.400. The molecule has 0 aromatic heterocycles. The number of hydrogen-bond donors (Lipinski definition) is 6. The van der Waals surface area contributed by atoms with Crippen LogP contribution < -0.4 is 0 Å². The van der Waals surface area contributed by atoms with E-state index >= 15 is 0 Å². The maximum atomic E-state index is 10.0. The summed E-state index contributed by atoms with van der Waals surface area (Å²) in [4.78, 5) is 0. The zero-order chi connectivity index (χ0) is 16.1. The van der Waals surface area contributed by atoms with Gasteiger partial charge in [0, 0.05) is 0 Å². The Morgan fingerprint density at radius 1 is 0.818 bits per heavy atom. The Morgan fingerprint density at radius 2 is 1.41 bits per heavy atom. The highest BCUT2D eigenvalue weighted by molar-refractivity contribution is 5.02. The van der Waals surface area contributed by atoms with Crippen molar-refractivity contribution in [1.82, 2.24) is 0 Å². The quantitative estimate of drug-likeness (QED) is 0.278. The molecule has 0 saturated carbocycles. The standard InChI is InChI=1S/C12H20O10/c13-1-6-8(16)10(18)12(22-6)4-20-11(3-21-12)9(17)7(15)5(14)2-19-11/h5-10,13-18H,1-4H2/t5?,6-,7?,8-,9+,10+,11+,12+/m1/s1. The van der Waals surface area contributed by atoms with E-state index in [1.165, 1.54) is 0 Å². The highest BCUT2D eigenvalue weighted by Gasteiger charge is 2.62. The first-order valence-corrected chi connectivity index (χ1v) is 6.96. The van der Waals surface area contributed by atoms with Crippen LogP contribution >= 0.6 is 0 Å². The van der Waals surface area contributed by atoms with Gasteiger partial charge in [-0.2, -0.15) is 0 Å². The molecule has 3 heterocycles. The first-order valence-electron chi connectivity index (χ1n) is 6.96. The van der Waals surface area contributed by atoms with Crippen LogP contribution in [0.1, 0.15) is 0 Å². The Kier molecular flexibility index (Phi) is 4.19. The molecule has 3 fully saturated rings. The topological polar surface area (TPSA) is 158 Å². The lowest BCUT2D eigenvalue weighted by molar-refractivity contribution is -0.430. The maximum Gasteiger partial charge on any atom is 0.222 e. The van der Waals surface area contributed by atoms with E-state index in [9.17, 15) is 25.5 Å². The van der Waals surface area contributed by atoms with Crippen LogP contribution in [0.3, 0.4) is 0 Å². The normalized spacial score (nSPS) is 55.9. The third-order valence-corrected chi connectivity index (χ3v) is 4.39. The van der Waals surface area contributed by atoms with Crippen LogP contribution in [0.2, 0.25) is 0 Å². The highest BCUT2D eigenvalue weighted by atomic mass is 16.8. The average molecular weight is 324 g/mol. The summed E-state index contributed by atoms with van der Waals surface area (Å²) in [6.45, 7) is -1.58. The van der Waals surface area contributed by atoms with Gasteiger partial charge in [0.05, 0.1) is 13.2 Å². The molecule has 3 rings (SSSR count). The molecule has 3 aliphatic heterocycles. The Balaban J connectivity index is 1.73. The molecule has 0 amide bonds. The van der Waals surface area contributed by atoms with Gasteiger partial charge in [-0.25, -0.2) is 0 Å². The predicted molar refractivity (Wildman–Crippen MR) is 65.3 cm³/mol. The average Bonchev–Trinajstić information content (AvgIpc) is 2.77. The molecule has 8 atom stereocenters. The van der Waals surface area contributed by atoms with E-state index in [1.807, 2.05) is 0 Å². The van der Waals surface area contributed by atoms with E-state index in [0.29, 0.717) is 0 Å². The predicted octanol–water partition coefficient (Wildman–Crippen LogP) is -4.35. The lowest BCUT2D eigenvalue weighted by Gasteiger charge is -2.50. The van der Waals surface area contributed by atoms with Crippen LogP contribution in [0.4, 0.5) is 0 Å². The molecule has 22 heavy (non-hydrogen) atoms. The molecule has 2 unspecified atom stereocenters. The van der Waals surface area contributed by atoms with Crippen molar-refractivity contribution in [3.05, 3.63) is 0 Å². The van der Waals surface area contributed by atoms with Gasteiger partial charge >= 0.3 is 0 Å². The van der Waals surface area contributed by atoms with Gasteiger partial charge in [-0.05, 0) is 0 Å². The fourth-order valence-electron chi connectivity index (χ4n) is 2.91. The fourth-order valence-corrected chi connectivity index (χ4v) is 2.91. The third kappa shape index (κ3) is 2.27. The van der Waals surface area contributed by atoms with Crippen LogP contribution in [-0.2, 0) is 18.9 Å². The van der Waals surface area contributed by atoms with Gasteiger partial charge in [0.1, 0.15) is 49.8 Å². The van der Waals surface area contributed by atoms with Crippen molar-refractivity contribution in [3.8, 4) is 0 Å². The zero-order valence-electron chi connectivity index (χ0n) is 11.6. The summed E-state index contributed by atoms with van der Waals surface area (Å²) in [7, 11) is 0. The van der Waals surface area contributed by atoms with Crippen molar-refractivity contribution >= 4 is 0 Å². The van der Waals surface area contributed by atoms with Gasteiger partial charge in [0.2, 0.25) is 11.6 Å². The number of hydrogen-bond acceptors (Lipinski definition) is 10. The molecule has 0 aromatic rings. The van der Waals surface area contributed by atoms with Gasteiger partial charge < -0.3 is 49.6 Å². The van der Waals surface area contributed by atoms with Gasteiger partial charge in [0.15, 0.2) is 0 Å². The van der Waals surface area contributed by atoms with Crippen LogP contribution in [0.5, 0.6) is 0 Å². The van der Waals surface area contributed by atoms with Crippen LogP contribution in [-0.4, -0.2) is 105 Å². The Bertz CT molecular complexity index is 403. The summed E-state index contributed by atoms with van der Waals surface area (Å²) in [6.07, 6.45) is -8.14. The van der Waals surface area contributed by atoms with Gasteiger partial charge in [-0.15, -0.1) is 0 Å². The Morgan fingerprint density at radius 3 is 1.95 bits per heavy atom. The van der Waals surface area contributed by atoms with Crippen LogP contribution in [0, 0.1) is 0 Å².